The van der Waals surface area contributed by atoms with E-state index in [1.807, 2.05) is 19.1 Å². The van der Waals surface area contributed by atoms with Crippen molar-refractivity contribution in [2.75, 3.05) is 4.90 Å². The number of amides is 2. The molecule has 0 spiro atoms. The third-order valence-electron chi connectivity index (χ3n) is 5.74. The fourth-order valence-corrected chi connectivity index (χ4v) is 4.09. The SMILES string of the molecule is Cc1ccc(C(C(=O)NC2CCCC2)N(C(=O)CCCC(=O)O)c2cccc(F)c2)cc1. The van der Waals surface area contributed by atoms with Crippen molar-refractivity contribution in [3.8, 4) is 0 Å². The maximum atomic E-state index is 14.1. The Kier molecular flexibility index (Phi) is 7.98. The molecule has 0 aliphatic heterocycles. The van der Waals surface area contributed by atoms with Crippen LogP contribution in [0.3, 0.4) is 0 Å². The highest BCUT2D eigenvalue weighted by atomic mass is 19.1. The van der Waals surface area contributed by atoms with Crippen LogP contribution in [0.4, 0.5) is 10.1 Å². The Morgan fingerprint density at radius 1 is 1.09 bits per heavy atom. The van der Waals surface area contributed by atoms with Crippen molar-refractivity contribution in [1.29, 1.82) is 0 Å². The number of nitrogens with one attached hydrogen (secondary N) is 1. The lowest BCUT2D eigenvalue weighted by Gasteiger charge is -2.32. The van der Waals surface area contributed by atoms with Crippen molar-refractivity contribution in [2.24, 2.45) is 0 Å². The van der Waals surface area contributed by atoms with Gasteiger partial charge in [-0.05, 0) is 49.9 Å². The van der Waals surface area contributed by atoms with Gasteiger partial charge in [0.05, 0.1) is 0 Å². The van der Waals surface area contributed by atoms with E-state index in [2.05, 4.69) is 5.32 Å². The predicted octanol–water partition coefficient (Wildman–Crippen LogP) is 4.52. The minimum Gasteiger partial charge on any atom is -0.481 e. The van der Waals surface area contributed by atoms with Crippen LogP contribution < -0.4 is 10.2 Å². The zero-order chi connectivity index (χ0) is 23.1. The highest BCUT2D eigenvalue weighted by Crippen LogP contribution is 2.31. The summed E-state index contributed by atoms with van der Waals surface area (Å²) in [5.74, 6) is -2.27. The molecule has 2 aromatic rings. The lowest BCUT2D eigenvalue weighted by atomic mass is 10.00. The first-order valence-corrected chi connectivity index (χ1v) is 11.0. The summed E-state index contributed by atoms with van der Waals surface area (Å²) in [6, 6.07) is 12.0. The summed E-state index contributed by atoms with van der Waals surface area (Å²) in [4.78, 5) is 39.0. The summed E-state index contributed by atoms with van der Waals surface area (Å²) in [6.07, 6.45) is 3.76. The first kappa shape index (κ1) is 23.4. The molecule has 1 saturated carbocycles. The Morgan fingerprint density at radius 3 is 2.41 bits per heavy atom. The third kappa shape index (κ3) is 6.15. The molecule has 1 aliphatic carbocycles. The predicted molar refractivity (Wildman–Crippen MR) is 120 cm³/mol. The number of nitrogens with zero attached hydrogens (tertiary/aromatic N) is 1. The fourth-order valence-electron chi connectivity index (χ4n) is 4.09. The van der Waals surface area contributed by atoms with E-state index < -0.39 is 23.7 Å². The van der Waals surface area contributed by atoms with Gasteiger partial charge in [0.2, 0.25) is 11.8 Å². The first-order chi connectivity index (χ1) is 15.3. The van der Waals surface area contributed by atoms with E-state index >= 15 is 0 Å². The normalized spacial score (nSPS) is 14.7. The second-order valence-corrected chi connectivity index (χ2v) is 8.29. The molecular formula is C25H29FN2O4. The van der Waals surface area contributed by atoms with Crippen molar-refractivity contribution in [2.45, 2.75) is 64.0 Å². The van der Waals surface area contributed by atoms with Gasteiger partial charge >= 0.3 is 5.97 Å². The van der Waals surface area contributed by atoms with Gasteiger partial charge in [0.15, 0.2) is 0 Å². The zero-order valence-electron chi connectivity index (χ0n) is 18.2. The van der Waals surface area contributed by atoms with Crippen LogP contribution in [0.1, 0.15) is 62.1 Å². The van der Waals surface area contributed by atoms with Crippen LogP contribution in [-0.4, -0.2) is 28.9 Å². The van der Waals surface area contributed by atoms with Crippen molar-refractivity contribution >= 4 is 23.5 Å². The second kappa shape index (κ2) is 10.9. The highest BCUT2D eigenvalue weighted by Gasteiger charge is 2.34. The van der Waals surface area contributed by atoms with Gasteiger partial charge in [-0.2, -0.15) is 0 Å². The average Bonchev–Trinajstić information content (AvgIpc) is 3.25. The molecule has 0 radical (unpaired) electrons. The Balaban J connectivity index is 2.00. The summed E-state index contributed by atoms with van der Waals surface area (Å²) in [5.41, 5.74) is 1.88. The number of aryl methyl sites for hydroxylation is 1. The van der Waals surface area contributed by atoms with Crippen molar-refractivity contribution in [1.82, 2.24) is 5.32 Å². The number of hydrogen-bond acceptors (Lipinski definition) is 3. The maximum absolute atomic E-state index is 14.1. The smallest absolute Gasteiger partial charge is 0.303 e. The van der Waals surface area contributed by atoms with Gasteiger partial charge in [-0.1, -0.05) is 48.7 Å². The van der Waals surface area contributed by atoms with E-state index in [9.17, 15) is 18.8 Å². The van der Waals surface area contributed by atoms with Gasteiger partial charge in [-0.3, -0.25) is 19.3 Å². The molecule has 2 amide bonds. The molecule has 1 atom stereocenters. The van der Waals surface area contributed by atoms with Crippen LogP contribution in [0, 0.1) is 12.7 Å². The second-order valence-electron chi connectivity index (χ2n) is 8.29. The number of anilines is 1. The molecule has 170 valence electrons. The topological polar surface area (TPSA) is 86.7 Å². The van der Waals surface area contributed by atoms with Crippen LogP contribution in [0.25, 0.3) is 0 Å². The first-order valence-electron chi connectivity index (χ1n) is 11.0. The van der Waals surface area contributed by atoms with Crippen LogP contribution in [0.15, 0.2) is 48.5 Å². The lowest BCUT2D eigenvalue weighted by Crippen LogP contribution is -2.46. The molecule has 0 saturated heterocycles. The highest BCUT2D eigenvalue weighted by molar-refractivity contribution is 6.01. The van der Waals surface area contributed by atoms with Crippen LogP contribution in [0.2, 0.25) is 0 Å². The maximum Gasteiger partial charge on any atom is 0.303 e. The number of carbonyl (C=O) groups is 3. The molecule has 1 aliphatic rings. The molecule has 0 aromatic heterocycles. The van der Waals surface area contributed by atoms with Gasteiger partial charge < -0.3 is 10.4 Å². The van der Waals surface area contributed by atoms with Crippen LogP contribution in [-0.2, 0) is 14.4 Å². The van der Waals surface area contributed by atoms with E-state index in [1.165, 1.54) is 23.1 Å². The van der Waals surface area contributed by atoms with Gasteiger partial charge in [-0.25, -0.2) is 4.39 Å². The lowest BCUT2D eigenvalue weighted by molar-refractivity contribution is -0.137. The number of carboxylic acids is 1. The molecule has 1 fully saturated rings. The molecule has 1 unspecified atom stereocenters. The third-order valence-corrected chi connectivity index (χ3v) is 5.74. The van der Waals surface area contributed by atoms with E-state index in [1.54, 1.807) is 18.2 Å². The van der Waals surface area contributed by atoms with Crippen LogP contribution in [0.5, 0.6) is 0 Å². The number of rotatable bonds is 9. The standard InChI is InChI=1S/C25H29FN2O4/c1-17-12-14-18(15-13-17)24(25(32)27-20-7-2-3-8-20)28(21-9-4-6-19(26)16-21)22(29)10-5-11-23(30)31/h4,6,9,12-16,20,24H,2-3,5,7-8,10-11H2,1H3,(H,27,32)(H,30,31). The number of carbonyl (C=O) groups excluding carboxylic acids is 2. The van der Waals surface area contributed by atoms with Gasteiger partial charge in [0, 0.05) is 24.6 Å². The molecule has 32 heavy (non-hydrogen) atoms. The Labute approximate surface area is 187 Å². The van der Waals surface area contributed by atoms with Gasteiger partial charge in [0.1, 0.15) is 11.9 Å². The molecular weight excluding hydrogens is 411 g/mol. The summed E-state index contributed by atoms with van der Waals surface area (Å²) >= 11 is 0. The van der Waals surface area contributed by atoms with Crippen LogP contribution >= 0.6 is 0 Å². The number of halogens is 1. The van der Waals surface area contributed by atoms with E-state index in [4.69, 9.17) is 5.11 Å². The van der Waals surface area contributed by atoms with Crippen molar-refractivity contribution in [3.63, 3.8) is 0 Å². The number of carboxylic acid groups (broad SMARTS) is 1. The van der Waals surface area contributed by atoms with E-state index in [0.717, 1.165) is 31.2 Å². The molecule has 6 nitrogen and oxygen atoms in total. The largest absolute Gasteiger partial charge is 0.481 e. The Hall–Kier alpha value is -3.22. The zero-order valence-corrected chi connectivity index (χ0v) is 18.2. The minimum absolute atomic E-state index is 0.0481. The summed E-state index contributed by atoms with van der Waals surface area (Å²) in [6.45, 7) is 1.93. The number of aliphatic carboxylic acids is 1. The number of benzene rings is 2. The quantitative estimate of drug-likeness (QED) is 0.600. The minimum atomic E-state index is -0.996. The number of hydrogen-bond donors (Lipinski definition) is 2. The molecule has 0 heterocycles. The summed E-state index contributed by atoms with van der Waals surface area (Å²) in [5, 5.41) is 12.0. The van der Waals surface area contributed by atoms with Gasteiger partial charge in [0.25, 0.3) is 0 Å². The van der Waals surface area contributed by atoms with Gasteiger partial charge in [-0.15, -0.1) is 0 Å². The Morgan fingerprint density at radius 2 is 1.78 bits per heavy atom. The average molecular weight is 441 g/mol. The summed E-state index contributed by atoms with van der Waals surface area (Å²) in [7, 11) is 0. The van der Waals surface area contributed by atoms with Crippen molar-refractivity contribution in [3.05, 3.63) is 65.5 Å². The molecule has 2 N–H and O–H groups in total. The molecule has 2 aromatic carbocycles. The monoisotopic (exact) mass is 440 g/mol. The van der Waals surface area contributed by atoms with Crippen molar-refractivity contribution < 1.29 is 23.9 Å². The molecule has 3 rings (SSSR count). The fraction of sp³-hybridized carbons (Fsp3) is 0.400. The van der Waals surface area contributed by atoms with E-state index in [0.29, 0.717) is 5.56 Å². The molecule has 0 bridgehead atoms. The molecule has 7 heteroatoms. The Bertz CT molecular complexity index is 955. The van der Waals surface area contributed by atoms with E-state index in [-0.39, 0.29) is 36.9 Å². The summed E-state index contributed by atoms with van der Waals surface area (Å²) < 4.78 is 14.1.